The van der Waals surface area contributed by atoms with Gasteiger partial charge in [0.2, 0.25) is 5.91 Å². The fraction of sp³-hybridized carbons (Fsp3) is 0.462. The van der Waals surface area contributed by atoms with E-state index < -0.39 is 11.7 Å². The van der Waals surface area contributed by atoms with Crippen molar-refractivity contribution in [3.8, 4) is 0 Å². The van der Waals surface area contributed by atoms with Crippen LogP contribution in [0.15, 0.2) is 24.3 Å². The van der Waals surface area contributed by atoms with Crippen molar-refractivity contribution in [3.63, 3.8) is 0 Å². The predicted octanol–water partition coefficient (Wildman–Crippen LogP) is 2.15. The van der Waals surface area contributed by atoms with Gasteiger partial charge >= 0.3 is 6.18 Å². The topological polar surface area (TPSA) is 41.1 Å². The lowest BCUT2D eigenvalue weighted by Gasteiger charge is -2.14. The quantitative estimate of drug-likeness (QED) is 0.898. The third-order valence-electron chi connectivity index (χ3n) is 3.10. The summed E-state index contributed by atoms with van der Waals surface area (Å²) in [5.74, 6) is -0.370. The Labute approximate surface area is 121 Å². The SMILES string of the molecule is Cl.O=C(Cc1ccccc1C(F)(F)F)NC1CCNC1. The zero-order valence-corrected chi connectivity index (χ0v) is 11.5. The van der Waals surface area contributed by atoms with Crippen LogP contribution in [0.4, 0.5) is 13.2 Å². The predicted molar refractivity (Wildman–Crippen MR) is 71.8 cm³/mol. The van der Waals surface area contributed by atoms with Gasteiger partial charge in [-0.15, -0.1) is 12.4 Å². The lowest BCUT2D eigenvalue weighted by atomic mass is 10.0. The smallest absolute Gasteiger partial charge is 0.352 e. The molecule has 0 aliphatic carbocycles. The van der Waals surface area contributed by atoms with Gasteiger partial charge in [0, 0.05) is 12.6 Å². The van der Waals surface area contributed by atoms with Crippen molar-refractivity contribution in [2.75, 3.05) is 13.1 Å². The van der Waals surface area contributed by atoms with Crippen LogP contribution in [0.1, 0.15) is 17.5 Å². The molecule has 112 valence electrons. The van der Waals surface area contributed by atoms with Crippen molar-refractivity contribution in [2.45, 2.75) is 25.1 Å². The number of nitrogens with one attached hydrogen (secondary N) is 2. The molecule has 1 fully saturated rings. The first kappa shape index (κ1) is 16.8. The third-order valence-corrected chi connectivity index (χ3v) is 3.10. The Morgan fingerprint density at radius 1 is 1.35 bits per heavy atom. The van der Waals surface area contributed by atoms with Crippen LogP contribution in [0.5, 0.6) is 0 Å². The molecule has 0 saturated carbocycles. The molecule has 0 radical (unpaired) electrons. The zero-order valence-electron chi connectivity index (χ0n) is 10.7. The van der Waals surface area contributed by atoms with Gasteiger partial charge in [-0.2, -0.15) is 13.2 Å². The number of rotatable bonds is 3. The molecule has 7 heteroatoms. The lowest BCUT2D eigenvalue weighted by molar-refractivity contribution is -0.138. The number of alkyl halides is 3. The Balaban J connectivity index is 0.00000200. The van der Waals surface area contributed by atoms with Gasteiger partial charge in [0.15, 0.2) is 0 Å². The standard InChI is InChI=1S/C13H15F3N2O.ClH/c14-13(15,16)11-4-2-1-3-9(11)7-12(19)18-10-5-6-17-8-10;/h1-4,10,17H,5-8H2,(H,18,19);1H. The molecular formula is C13H16ClF3N2O. The molecule has 1 heterocycles. The highest BCUT2D eigenvalue weighted by atomic mass is 35.5. The highest BCUT2D eigenvalue weighted by Crippen LogP contribution is 2.31. The van der Waals surface area contributed by atoms with Gasteiger partial charge in [0.1, 0.15) is 0 Å². The largest absolute Gasteiger partial charge is 0.416 e. The molecule has 0 bridgehead atoms. The van der Waals surface area contributed by atoms with Gasteiger partial charge in [0.05, 0.1) is 12.0 Å². The Kier molecular flexibility index (Phi) is 5.83. The molecule has 1 aromatic carbocycles. The van der Waals surface area contributed by atoms with Crippen LogP contribution in [0.2, 0.25) is 0 Å². The second-order valence-corrected chi connectivity index (χ2v) is 4.59. The Morgan fingerprint density at radius 3 is 2.65 bits per heavy atom. The first-order valence-electron chi connectivity index (χ1n) is 6.12. The lowest BCUT2D eigenvalue weighted by Crippen LogP contribution is -2.37. The van der Waals surface area contributed by atoms with E-state index in [4.69, 9.17) is 0 Å². The minimum absolute atomic E-state index is 0. The third kappa shape index (κ3) is 4.38. The van der Waals surface area contributed by atoms with E-state index in [0.29, 0.717) is 6.54 Å². The van der Waals surface area contributed by atoms with Crippen molar-refractivity contribution in [3.05, 3.63) is 35.4 Å². The van der Waals surface area contributed by atoms with Crippen molar-refractivity contribution < 1.29 is 18.0 Å². The number of amides is 1. The van der Waals surface area contributed by atoms with Gasteiger partial charge in [-0.05, 0) is 24.6 Å². The van der Waals surface area contributed by atoms with E-state index in [1.54, 1.807) is 0 Å². The highest BCUT2D eigenvalue weighted by molar-refractivity contribution is 5.85. The number of benzene rings is 1. The van der Waals surface area contributed by atoms with Gasteiger partial charge in [0.25, 0.3) is 0 Å². The molecule has 1 aliphatic heterocycles. The molecule has 3 nitrogen and oxygen atoms in total. The number of hydrogen-bond acceptors (Lipinski definition) is 2. The fourth-order valence-corrected chi connectivity index (χ4v) is 2.18. The number of carbonyl (C=O) groups excluding carboxylic acids is 1. The molecule has 20 heavy (non-hydrogen) atoms. The fourth-order valence-electron chi connectivity index (χ4n) is 2.18. The molecule has 2 N–H and O–H groups in total. The molecular weight excluding hydrogens is 293 g/mol. The van der Waals surface area contributed by atoms with Crippen molar-refractivity contribution in [1.29, 1.82) is 0 Å². The van der Waals surface area contributed by atoms with Gasteiger partial charge < -0.3 is 10.6 Å². The summed E-state index contributed by atoms with van der Waals surface area (Å²) in [6.45, 7) is 1.50. The van der Waals surface area contributed by atoms with Crippen LogP contribution < -0.4 is 10.6 Å². The van der Waals surface area contributed by atoms with Crippen LogP contribution >= 0.6 is 12.4 Å². The van der Waals surface area contributed by atoms with Crippen LogP contribution in [0, 0.1) is 0 Å². The first-order valence-corrected chi connectivity index (χ1v) is 6.12. The van der Waals surface area contributed by atoms with Crippen LogP contribution in [0.25, 0.3) is 0 Å². The average molecular weight is 309 g/mol. The van der Waals surface area contributed by atoms with E-state index in [-0.39, 0.29) is 36.3 Å². The van der Waals surface area contributed by atoms with Gasteiger partial charge in [-0.25, -0.2) is 0 Å². The van der Waals surface area contributed by atoms with E-state index in [1.807, 2.05) is 0 Å². The van der Waals surface area contributed by atoms with E-state index >= 15 is 0 Å². The molecule has 1 unspecified atom stereocenters. The van der Waals surface area contributed by atoms with E-state index in [0.717, 1.165) is 19.0 Å². The summed E-state index contributed by atoms with van der Waals surface area (Å²) < 4.78 is 38.3. The number of carbonyl (C=O) groups is 1. The molecule has 0 aromatic heterocycles. The maximum absolute atomic E-state index is 12.8. The monoisotopic (exact) mass is 308 g/mol. The second-order valence-electron chi connectivity index (χ2n) is 4.59. The van der Waals surface area contributed by atoms with E-state index in [2.05, 4.69) is 10.6 Å². The Bertz CT molecular complexity index is 459. The van der Waals surface area contributed by atoms with Crippen LogP contribution in [0.3, 0.4) is 0 Å². The molecule has 1 atom stereocenters. The maximum Gasteiger partial charge on any atom is 0.416 e. The summed E-state index contributed by atoms with van der Waals surface area (Å²) in [4.78, 5) is 11.7. The summed E-state index contributed by atoms with van der Waals surface area (Å²) in [5, 5.41) is 5.82. The highest BCUT2D eigenvalue weighted by Gasteiger charge is 2.33. The summed E-state index contributed by atoms with van der Waals surface area (Å²) in [7, 11) is 0. The van der Waals surface area contributed by atoms with E-state index in [9.17, 15) is 18.0 Å². The van der Waals surface area contributed by atoms with Crippen LogP contribution in [-0.2, 0) is 17.4 Å². The first-order chi connectivity index (χ1) is 8.97. The summed E-state index contributed by atoms with van der Waals surface area (Å²) in [5.41, 5.74) is -0.729. The molecule has 1 aliphatic rings. The van der Waals surface area contributed by atoms with E-state index in [1.165, 1.54) is 18.2 Å². The molecule has 1 amide bonds. The number of halogens is 4. The molecule has 2 rings (SSSR count). The minimum Gasteiger partial charge on any atom is -0.352 e. The maximum atomic E-state index is 12.8. The Morgan fingerprint density at radius 2 is 2.05 bits per heavy atom. The van der Waals surface area contributed by atoms with Gasteiger partial charge in [-0.3, -0.25) is 4.79 Å². The Hall–Kier alpha value is -1.27. The normalized spacial score (nSPS) is 18.4. The summed E-state index contributed by atoms with van der Waals surface area (Å²) in [6.07, 6.45) is -3.86. The van der Waals surface area contributed by atoms with Crippen molar-refractivity contribution in [1.82, 2.24) is 10.6 Å². The second kappa shape index (κ2) is 6.95. The summed E-state index contributed by atoms with van der Waals surface area (Å²) in [6, 6.07) is 5.19. The number of hydrogen-bond donors (Lipinski definition) is 2. The molecule has 1 saturated heterocycles. The zero-order chi connectivity index (χ0) is 13.9. The minimum atomic E-state index is -4.42. The van der Waals surface area contributed by atoms with Crippen molar-refractivity contribution in [2.24, 2.45) is 0 Å². The molecule has 1 aromatic rings. The molecule has 0 spiro atoms. The van der Waals surface area contributed by atoms with Crippen molar-refractivity contribution >= 4 is 18.3 Å². The average Bonchev–Trinajstić information content (AvgIpc) is 2.81. The van der Waals surface area contributed by atoms with Gasteiger partial charge in [-0.1, -0.05) is 18.2 Å². The van der Waals surface area contributed by atoms with Crippen LogP contribution in [-0.4, -0.2) is 25.0 Å². The summed E-state index contributed by atoms with van der Waals surface area (Å²) >= 11 is 0.